The van der Waals surface area contributed by atoms with Crippen molar-refractivity contribution in [1.82, 2.24) is 14.9 Å². The summed E-state index contributed by atoms with van der Waals surface area (Å²) in [6.45, 7) is 2.30. The van der Waals surface area contributed by atoms with Crippen molar-refractivity contribution in [2.24, 2.45) is 5.73 Å². The Morgan fingerprint density at radius 1 is 1.27 bits per heavy atom. The SMILES string of the molecule is C[C@H](Sc1nc2cc(Cl)ccc2n1Cc1ccccc1)C(=O)NC(N)=O. The number of carbonyl (C=O) groups excluding carboxylic acids is 2. The number of nitrogens with two attached hydrogens (primary N) is 1. The molecule has 0 spiro atoms. The van der Waals surface area contributed by atoms with Crippen LogP contribution in [0.25, 0.3) is 11.0 Å². The number of imidazole rings is 1. The van der Waals surface area contributed by atoms with Gasteiger partial charge in [0.15, 0.2) is 5.16 Å². The van der Waals surface area contributed by atoms with E-state index in [0.717, 1.165) is 16.6 Å². The third kappa shape index (κ3) is 4.17. The topological polar surface area (TPSA) is 90.0 Å². The van der Waals surface area contributed by atoms with Crippen LogP contribution in [0, 0.1) is 0 Å². The maximum atomic E-state index is 12.0. The number of nitrogens with one attached hydrogen (secondary N) is 1. The molecule has 2 aromatic carbocycles. The molecule has 0 aliphatic rings. The predicted molar refractivity (Wildman–Crippen MR) is 103 cm³/mol. The van der Waals surface area contributed by atoms with Gasteiger partial charge >= 0.3 is 6.03 Å². The molecule has 0 saturated heterocycles. The zero-order chi connectivity index (χ0) is 18.7. The van der Waals surface area contributed by atoms with E-state index in [1.165, 1.54) is 11.8 Å². The van der Waals surface area contributed by atoms with Gasteiger partial charge in [-0.3, -0.25) is 10.1 Å². The largest absolute Gasteiger partial charge is 0.351 e. The van der Waals surface area contributed by atoms with Gasteiger partial charge in [-0.05, 0) is 30.7 Å². The van der Waals surface area contributed by atoms with Crippen molar-refractivity contribution in [3.63, 3.8) is 0 Å². The van der Waals surface area contributed by atoms with Crippen molar-refractivity contribution >= 4 is 46.3 Å². The molecule has 8 heteroatoms. The Morgan fingerprint density at radius 3 is 2.69 bits per heavy atom. The van der Waals surface area contributed by atoms with Gasteiger partial charge in [0, 0.05) is 5.02 Å². The van der Waals surface area contributed by atoms with Crippen LogP contribution in [0.4, 0.5) is 4.79 Å². The molecule has 3 N–H and O–H groups in total. The number of urea groups is 1. The average molecular weight is 389 g/mol. The second kappa shape index (κ2) is 7.80. The van der Waals surface area contributed by atoms with Crippen molar-refractivity contribution in [2.45, 2.75) is 23.9 Å². The van der Waals surface area contributed by atoms with Gasteiger partial charge in [0.05, 0.1) is 22.8 Å². The number of primary amides is 1. The Kier molecular flexibility index (Phi) is 5.49. The summed E-state index contributed by atoms with van der Waals surface area (Å²) in [7, 11) is 0. The third-order valence-electron chi connectivity index (χ3n) is 3.76. The van der Waals surface area contributed by atoms with E-state index in [9.17, 15) is 9.59 Å². The number of imide groups is 1. The van der Waals surface area contributed by atoms with Crippen LogP contribution in [-0.4, -0.2) is 26.7 Å². The lowest BCUT2D eigenvalue weighted by Gasteiger charge is -2.12. The Morgan fingerprint density at radius 2 is 2.00 bits per heavy atom. The van der Waals surface area contributed by atoms with E-state index in [4.69, 9.17) is 17.3 Å². The fourth-order valence-corrected chi connectivity index (χ4v) is 3.61. The second-order valence-corrected chi connectivity index (χ2v) is 7.46. The maximum absolute atomic E-state index is 12.0. The third-order valence-corrected chi connectivity index (χ3v) is 5.08. The zero-order valence-electron chi connectivity index (χ0n) is 14.0. The van der Waals surface area contributed by atoms with E-state index in [2.05, 4.69) is 10.3 Å². The van der Waals surface area contributed by atoms with Crippen molar-refractivity contribution in [3.8, 4) is 0 Å². The van der Waals surface area contributed by atoms with Crippen molar-refractivity contribution in [2.75, 3.05) is 0 Å². The lowest BCUT2D eigenvalue weighted by atomic mass is 10.2. The highest BCUT2D eigenvalue weighted by atomic mass is 35.5. The van der Waals surface area contributed by atoms with Crippen LogP contribution in [0.3, 0.4) is 0 Å². The molecule has 1 heterocycles. The van der Waals surface area contributed by atoms with Gasteiger partial charge in [-0.15, -0.1) is 0 Å². The first-order chi connectivity index (χ1) is 12.4. The Labute approximate surface area is 159 Å². The van der Waals surface area contributed by atoms with Gasteiger partial charge in [0.1, 0.15) is 0 Å². The summed E-state index contributed by atoms with van der Waals surface area (Å²) in [5, 5.41) is 2.82. The molecule has 3 rings (SSSR count). The van der Waals surface area contributed by atoms with Gasteiger partial charge in [0.2, 0.25) is 5.91 Å². The molecule has 134 valence electrons. The molecule has 0 fully saturated rings. The molecule has 3 aromatic rings. The van der Waals surface area contributed by atoms with Crippen LogP contribution in [0.2, 0.25) is 5.02 Å². The Bertz CT molecular complexity index is 958. The van der Waals surface area contributed by atoms with E-state index < -0.39 is 17.2 Å². The van der Waals surface area contributed by atoms with Crippen LogP contribution in [-0.2, 0) is 11.3 Å². The summed E-state index contributed by atoms with van der Waals surface area (Å²) in [6, 6.07) is 14.6. The second-order valence-electron chi connectivity index (χ2n) is 5.71. The highest BCUT2D eigenvalue weighted by Gasteiger charge is 2.20. The first-order valence-corrected chi connectivity index (χ1v) is 9.16. The number of hydrogen-bond donors (Lipinski definition) is 2. The minimum atomic E-state index is -0.868. The number of fused-ring (bicyclic) bond motifs is 1. The first kappa shape index (κ1) is 18.3. The molecular weight excluding hydrogens is 372 g/mol. The number of carbonyl (C=O) groups is 2. The molecule has 0 bridgehead atoms. The van der Waals surface area contributed by atoms with Crippen LogP contribution in [0.1, 0.15) is 12.5 Å². The van der Waals surface area contributed by atoms with Crippen LogP contribution in [0.5, 0.6) is 0 Å². The summed E-state index contributed by atoms with van der Waals surface area (Å²) in [5.41, 5.74) is 7.80. The molecule has 1 aromatic heterocycles. The monoisotopic (exact) mass is 388 g/mol. The van der Waals surface area contributed by atoms with E-state index in [-0.39, 0.29) is 0 Å². The molecule has 6 nitrogen and oxygen atoms in total. The molecule has 0 unspecified atom stereocenters. The summed E-state index contributed by atoms with van der Waals surface area (Å²) in [6.07, 6.45) is 0. The zero-order valence-corrected chi connectivity index (χ0v) is 15.6. The van der Waals surface area contributed by atoms with Crippen molar-refractivity contribution < 1.29 is 9.59 Å². The fraction of sp³-hybridized carbons (Fsp3) is 0.167. The predicted octanol–water partition coefficient (Wildman–Crippen LogP) is 3.41. The standard InChI is InChI=1S/C18H17ClN4O2S/c1-11(16(24)22-17(20)25)26-18-21-14-9-13(19)7-8-15(14)23(18)10-12-5-3-2-4-6-12/h2-9,11H,10H2,1H3,(H3,20,22,24,25)/t11-/m0/s1. The quantitative estimate of drug-likeness (QED) is 0.655. The summed E-state index contributed by atoms with van der Waals surface area (Å²) < 4.78 is 2.03. The number of halogens is 1. The van der Waals surface area contributed by atoms with E-state index in [1.807, 2.05) is 47.0 Å². The molecule has 0 saturated carbocycles. The maximum Gasteiger partial charge on any atom is 0.318 e. The summed E-state index contributed by atoms with van der Waals surface area (Å²) in [4.78, 5) is 27.5. The van der Waals surface area contributed by atoms with Crippen LogP contribution in [0.15, 0.2) is 53.7 Å². The van der Waals surface area contributed by atoms with Crippen LogP contribution >= 0.6 is 23.4 Å². The molecule has 0 aliphatic heterocycles. The lowest BCUT2D eigenvalue weighted by Crippen LogP contribution is -2.39. The highest BCUT2D eigenvalue weighted by Crippen LogP contribution is 2.29. The highest BCUT2D eigenvalue weighted by molar-refractivity contribution is 8.00. The Hall–Kier alpha value is -2.51. The normalized spacial score (nSPS) is 12.1. The minimum absolute atomic E-state index is 0.459. The number of aromatic nitrogens is 2. The van der Waals surface area contributed by atoms with E-state index >= 15 is 0 Å². The molecule has 3 amide bonds. The average Bonchev–Trinajstić information content (AvgIpc) is 2.91. The number of rotatable bonds is 5. The van der Waals surface area contributed by atoms with E-state index in [0.29, 0.717) is 16.7 Å². The molecule has 0 radical (unpaired) electrons. The number of hydrogen-bond acceptors (Lipinski definition) is 4. The molecule has 1 atom stereocenters. The van der Waals surface area contributed by atoms with Crippen molar-refractivity contribution in [1.29, 1.82) is 0 Å². The van der Waals surface area contributed by atoms with E-state index in [1.54, 1.807) is 13.0 Å². The first-order valence-electron chi connectivity index (χ1n) is 7.90. The minimum Gasteiger partial charge on any atom is -0.351 e. The molecular formula is C18H17ClN4O2S. The summed E-state index contributed by atoms with van der Waals surface area (Å²) in [5.74, 6) is -0.459. The van der Waals surface area contributed by atoms with Gasteiger partial charge < -0.3 is 10.3 Å². The fourth-order valence-electron chi connectivity index (χ4n) is 2.52. The van der Waals surface area contributed by atoms with Crippen molar-refractivity contribution in [3.05, 3.63) is 59.1 Å². The lowest BCUT2D eigenvalue weighted by molar-refractivity contribution is -0.119. The van der Waals surface area contributed by atoms with Gasteiger partial charge in [-0.1, -0.05) is 53.7 Å². The Balaban J connectivity index is 1.96. The number of thioether (sulfide) groups is 1. The summed E-state index contributed by atoms with van der Waals surface area (Å²) >= 11 is 7.34. The smallest absolute Gasteiger partial charge is 0.318 e. The number of amides is 3. The van der Waals surface area contributed by atoms with Crippen LogP contribution < -0.4 is 11.1 Å². The van der Waals surface area contributed by atoms with Gasteiger partial charge in [-0.25, -0.2) is 9.78 Å². The molecule has 0 aliphatic carbocycles. The van der Waals surface area contributed by atoms with Gasteiger partial charge in [-0.2, -0.15) is 0 Å². The molecule has 26 heavy (non-hydrogen) atoms. The number of nitrogens with zero attached hydrogens (tertiary/aromatic N) is 2. The van der Waals surface area contributed by atoms with Gasteiger partial charge in [0.25, 0.3) is 0 Å². The number of benzene rings is 2.